The number of ether oxygens (including phenoxy) is 1. The minimum Gasteiger partial charge on any atom is -0.490 e. The molecule has 3 N–H and O–H groups in total. The van der Waals surface area contributed by atoms with Crippen LogP contribution in [0.2, 0.25) is 5.02 Å². The molecule has 3 saturated heterocycles. The number of imide groups is 1. The number of carbonyl (C=O) groups excluding carboxylic acids is 4. The van der Waals surface area contributed by atoms with E-state index in [1.54, 1.807) is 24.3 Å². The van der Waals surface area contributed by atoms with Gasteiger partial charge in [-0.1, -0.05) is 17.7 Å². The normalized spacial score (nSPS) is 22.2. The lowest BCUT2D eigenvalue weighted by molar-refractivity contribution is -0.137. The molecule has 1 aliphatic carbocycles. The third-order valence-electron chi connectivity index (χ3n) is 11.1. The van der Waals surface area contributed by atoms with E-state index in [9.17, 15) is 19.2 Å². The van der Waals surface area contributed by atoms with Crippen LogP contribution in [-0.2, 0) is 20.8 Å². The first-order chi connectivity index (χ1) is 27.2. The van der Waals surface area contributed by atoms with Crippen molar-refractivity contribution < 1.29 is 23.9 Å². The number of halogens is 1. The number of anilines is 2. The van der Waals surface area contributed by atoms with Crippen LogP contribution in [0.25, 0.3) is 0 Å². The number of nitrogens with one attached hydrogen (secondary N) is 3. The predicted octanol–water partition coefficient (Wildman–Crippen LogP) is 3.02. The molecule has 1 saturated carbocycles. The van der Waals surface area contributed by atoms with Crippen molar-refractivity contribution in [3.63, 3.8) is 0 Å². The summed E-state index contributed by atoms with van der Waals surface area (Å²) in [7, 11) is 0. The Labute approximate surface area is 331 Å². The van der Waals surface area contributed by atoms with Crippen molar-refractivity contribution in [1.29, 1.82) is 5.26 Å². The second kappa shape index (κ2) is 18.1. The van der Waals surface area contributed by atoms with E-state index in [0.29, 0.717) is 40.1 Å². The maximum atomic E-state index is 13.0. The zero-order chi connectivity index (χ0) is 39.0. The van der Waals surface area contributed by atoms with Crippen LogP contribution in [0.4, 0.5) is 11.6 Å². The fraction of sp³-hybridized carbons (Fsp3) is 0.500. The Morgan fingerprint density at radius 2 is 1.64 bits per heavy atom. The Morgan fingerprint density at radius 1 is 0.875 bits per heavy atom. The molecule has 3 aromatic rings. The average Bonchev–Trinajstić information content (AvgIpc) is 3.20. The molecule has 56 heavy (non-hydrogen) atoms. The van der Waals surface area contributed by atoms with Gasteiger partial charge in [0, 0.05) is 64.3 Å². The fourth-order valence-electron chi connectivity index (χ4n) is 7.90. The highest BCUT2D eigenvalue weighted by Gasteiger charge is 2.29. The standard InChI is InChI=1S/C40H47ClN10O5/c41-32-23-31(7-4-27(32)24-42)56-30-8-5-28(6-9-30)44-40(55)34-10-12-36(48-47-34)50-16-14-26(15-17-50)25-49-18-20-51(21-19-49)35-3-1-2-29(43-35)22-38(53)45-33-11-13-37(52)46-39(33)54/h1-4,7,10,12,23,26,28,30,33H,5-6,8-9,11,13-22,25H2,(H,44,55)(H,45,53)(H,46,52,54). The van der Waals surface area contributed by atoms with E-state index in [0.717, 1.165) is 96.0 Å². The Morgan fingerprint density at radius 3 is 2.34 bits per heavy atom. The molecular formula is C40H47ClN10O5. The number of rotatable bonds is 11. The van der Waals surface area contributed by atoms with Gasteiger partial charge in [0.15, 0.2) is 11.5 Å². The van der Waals surface area contributed by atoms with E-state index in [4.69, 9.17) is 26.6 Å². The second-order valence-corrected chi connectivity index (χ2v) is 15.5. The molecule has 2 aromatic heterocycles. The summed E-state index contributed by atoms with van der Waals surface area (Å²) in [4.78, 5) is 60.8. The molecule has 5 heterocycles. The van der Waals surface area contributed by atoms with Crippen LogP contribution in [0, 0.1) is 17.2 Å². The molecule has 1 aromatic carbocycles. The minimum atomic E-state index is -0.696. The van der Waals surface area contributed by atoms with Crippen molar-refractivity contribution in [2.75, 3.05) is 55.6 Å². The van der Waals surface area contributed by atoms with E-state index in [-0.39, 0.29) is 42.7 Å². The molecule has 1 atom stereocenters. The third-order valence-corrected chi connectivity index (χ3v) is 11.4. The highest BCUT2D eigenvalue weighted by Crippen LogP contribution is 2.28. The zero-order valence-electron chi connectivity index (χ0n) is 31.3. The SMILES string of the molecule is N#Cc1ccc(OC2CCC(NC(=O)c3ccc(N4CCC(CN5CCN(c6cccc(CC(=O)NC7CCC(=O)NC7=O)n6)CC5)CC4)nn3)CC2)cc1Cl. The number of nitriles is 1. The van der Waals surface area contributed by atoms with Gasteiger partial charge in [0.1, 0.15) is 23.7 Å². The summed E-state index contributed by atoms with van der Waals surface area (Å²) < 4.78 is 6.08. The molecule has 1 unspecified atom stereocenters. The molecule has 4 aliphatic rings. The summed E-state index contributed by atoms with van der Waals surface area (Å²) in [6.45, 7) is 6.37. The predicted molar refractivity (Wildman–Crippen MR) is 208 cm³/mol. The summed E-state index contributed by atoms with van der Waals surface area (Å²) in [6.07, 6.45) is 5.89. The number of amides is 4. The smallest absolute Gasteiger partial charge is 0.272 e. The maximum Gasteiger partial charge on any atom is 0.272 e. The molecule has 294 valence electrons. The van der Waals surface area contributed by atoms with Gasteiger partial charge >= 0.3 is 0 Å². The first kappa shape index (κ1) is 38.9. The van der Waals surface area contributed by atoms with E-state index < -0.39 is 11.9 Å². The van der Waals surface area contributed by atoms with Gasteiger partial charge in [-0.3, -0.25) is 29.4 Å². The van der Waals surface area contributed by atoms with E-state index in [1.165, 1.54) is 0 Å². The molecule has 3 aliphatic heterocycles. The molecule has 4 fully saturated rings. The lowest BCUT2D eigenvalue weighted by Gasteiger charge is -2.39. The molecule has 7 rings (SSSR count). The topological polar surface area (TPSA) is 186 Å². The van der Waals surface area contributed by atoms with Gasteiger partial charge < -0.3 is 25.2 Å². The zero-order valence-corrected chi connectivity index (χ0v) is 32.0. The minimum absolute atomic E-state index is 0.0261. The van der Waals surface area contributed by atoms with Crippen molar-refractivity contribution in [3.8, 4) is 11.8 Å². The van der Waals surface area contributed by atoms with Gasteiger partial charge in [-0.05, 0) is 87.3 Å². The lowest BCUT2D eigenvalue weighted by atomic mass is 9.93. The molecular weight excluding hydrogens is 736 g/mol. The first-order valence-corrected chi connectivity index (χ1v) is 19.9. The van der Waals surface area contributed by atoms with Gasteiger partial charge in [-0.2, -0.15) is 5.26 Å². The fourth-order valence-corrected chi connectivity index (χ4v) is 8.12. The molecule has 0 spiro atoms. The number of piperidine rings is 2. The molecule has 4 amide bonds. The highest BCUT2D eigenvalue weighted by atomic mass is 35.5. The van der Waals surface area contributed by atoms with Gasteiger partial charge in [-0.25, -0.2) is 4.98 Å². The third kappa shape index (κ3) is 10.1. The number of carbonyl (C=O) groups is 4. The molecule has 15 nitrogen and oxygen atoms in total. The van der Waals surface area contributed by atoms with E-state index >= 15 is 0 Å². The van der Waals surface area contributed by atoms with Crippen molar-refractivity contribution in [1.82, 2.24) is 36.0 Å². The van der Waals surface area contributed by atoms with Gasteiger partial charge in [0.25, 0.3) is 5.91 Å². The largest absolute Gasteiger partial charge is 0.490 e. The van der Waals surface area contributed by atoms with Gasteiger partial charge in [0.2, 0.25) is 17.7 Å². The second-order valence-electron chi connectivity index (χ2n) is 15.0. The van der Waals surface area contributed by atoms with Crippen LogP contribution in [0.15, 0.2) is 48.5 Å². The Hall–Kier alpha value is -5.33. The maximum absolute atomic E-state index is 13.0. The molecule has 0 bridgehead atoms. The number of piperazine rings is 1. The summed E-state index contributed by atoms with van der Waals surface area (Å²) in [6, 6.07) is 15.8. The Balaban J connectivity index is 0.792. The number of benzene rings is 1. The van der Waals surface area contributed by atoms with Crippen LogP contribution in [0.5, 0.6) is 5.75 Å². The molecule has 0 radical (unpaired) electrons. The average molecular weight is 783 g/mol. The van der Waals surface area contributed by atoms with Gasteiger partial charge in [-0.15, -0.1) is 10.2 Å². The number of hydrogen-bond donors (Lipinski definition) is 3. The Bertz CT molecular complexity index is 1930. The van der Waals surface area contributed by atoms with Crippen molar-refractivity contribution >= 4 is 46.9 Å². The summed E-state index contributed by atoms with van der Waals surface area (Å²) in [5.41, 5.74) is 1.37. The molecule has 16 heteroatoms. The van der Waals surface area contributed by atoms with E-state index in [2.05, 4.69) is 46.9 Å². The highest BCUT2D eigenvalue weighted by molar-refractivity contribution is 6.31. The number of hydrogen-bond acceptors (Lipinski definition) is 12. The van der Waals surface area contributed by atoms with Crippen molar-refractivity contribution in [2.24, 2.45) is 5.92 Å². The monoisotopic (exact) mass is 782 g/mol. The van der Waals surface area contributed by atoms with E-state index in [1.807, 2.05) is 24.3 Å². The van der Waals surface area contributed by atoms with Crippen LogP contribution < -0.4 is 30.5 Å². The summed E-state index contributed by atoms with van der Waals surface area (Å²) in [5, 5.41) is 26.3. The Kier molecular flexibility index (Phi) is 12.6. The first-order valence-electron chi connectivity index (χ1n) is 19.5. The van der Waals surface area contributed by atoms with Crippen LogP contribution in [0.3, 0.4) is 0 Å². The van der Waals surface area contributed by atoms with Crippen molar-refractivity contribution in [2.45, 2.75) is 76.0 Å². The number of pyridine rings is 1. The van der Waals surface area contributed by atoms with Crippen LogP contribution in [0.1, 0.15) is 73.1 Å². The number of nitrogens with zero attached hydrogens (tertiary/aromatic N) is 7. The lowest BCUT2D eigenvalue weighted by Crippen LogP contribution is -2.52. The van der Waals surface area contributed by atoms with Crippen LogP contribution >= 0.6 is 11.6 Å². The quantitative estimate of drug-likeness (QED) is 0.242. The van der Waals surface area contributed by atoms with Crippen LogP contribution in [-0.4, -0.2) is 108 Å². The number of aromatic nitrogens is 3. The summed E-state index contributed by atoms with van der Waals surface area (Å²) >= 11 is 6.14. The van der Waals surface area contributed by atoms with Gasteiger partial charge in [0.05, 0.1) is 28.8 Å². The summed E-state index contributed by atoms with van der Waals surface area (Å²) in [5.74, 6) is 1.57. The van der Waals surface area contributed by atoms with Crippen molar-refractivity contribution in [3.05, 3.63) is 70.5 Å².